The minimum atomic E-state index is -3.77. The van der Waals surface area contributed by atoms with Crippen LogP contribution in [0.25, 0.3) is 0 Å². The zero-order valence-electron chi connectivity index (χ0n) is 12.1. The van der Waals surface area contributed by atoms with Gasteiger partial charge in [0.15, 0.2) is 12.4 Å². The molecule has 22 heavy (non-hydrogen) atoms. The number of hydrogen-bond donors (Lipinski definition) is 0. The van der Waals surface area contributed by atoms with E-state index in [4.69, 9.17) is 4.52 Å². The Balaban J connectivity index is 1.83. The van der Waals surface area contributed by atoms with Gasteiger partial charge in [0.25, 0.3) is 5.91 Å². The molecule has 0 radical (unpaired) electrons. The first-order valence-electron chi connectivity index (χ1n) is 6.74. The molecule has 0 saturated carbocycles. The van der Waals surface area contributed by atoms with Crippen LogP contribution >= 0.6 is 0 Å². The molecular weight excluding hydrogens is 314 g/mol. The van der Waals surface area contributed by atoms with Crippen LogP contribution in [0.3, 0.4) is 0 Å². The lowest BCUT2D eigenvalue weighted by Gasteiger charge is -2.20. The Morgan fingerprint density at radius 1 is 1.27 bits per heavy atom. The zero-order valence-corrected chi connectivity index (χ0v) is 12.9. The van der Waals surface area contributed by atoms with Gasteiger partial charge in [-0.3, -0.25) is 4.79 Å². The van der Waals surface area contributed by atoms with E-state index in [9.17, 15) is 18.0 Å². The lowest BCUT2D eigenvalue weighted by molar-refractivity contribution is -0.127. The van der Waals surface area contributed by atoms with Crippen molar-refractivity contribution in [2.75, 3.05) is 19.7 Å². The first-order chi connectivity index (χ1) is 10.3. The van der Waals surface area contributed by atoms with E-state index in [2.05, 4.69) is 9.89 Å². The molecule has 1 atom stereocenters. The number of imide groups is 1. The topological polar surface area (TPSA) is 110 Å². The minimum Gasteiger partial charge on any atom is -0.439 e. The number of cyclic esters (lactones) is 1. The van der Waals surface area contributed by atoms with E-state index in [1.165, 1.54) is 11.2 Å². The van der Waals surface area contributed by atoms with Crippen LogP contribution in [0.1, 0.15) is 17.9 Å². The Morgan fingerprint density at radius 2 is 2.00 bits per heavy atom. The number of ether oxygens (including phenoxy) is 1. The predicted molar refractivity (Wildman–Crippen MR) is 71.3 cm³/mol. The maximum atomic E-state index is 12.7. The second-order valence-electron chi connectivity index (χ2n) is 5.28. The van der Waals surface area contributed by atoms with Gasteiger partial charge in [0.05, 0.1) is 6.04 Å². The summed E-state index contributed by atoms with van der Waals surface area (Å²) in [7, 11) is -3.77. The van der Waals surface area contributed by atoms with Gasteiger partial charge in [0, 0.05) is 13.1 Å². The lowest BCUT2D eigenvalue weighted by atomic mass is 10.2. The number of amides is 2. The average molecular weight is 329 g/mol. The predicted octanol–water partition coefficient (Wildman–Crippen LogP) is 0.0332. The van der Waals surface area contributed by atoms with Crippen molar-refractivity contribution in [3.8, 4) is 0 Å². The van der Waals surface area contributed by atoms with Gasteiger partial charge in [-0.05, 0) is 20.3 Å². The fourth-order valence-corrected chi connectivity index (χ4v) is 4.61. The number of sulfonamides is 1. The summed E-state index contributed by atoms with van der Waals surface area (Å²) in [4.78, 5) is 24.3. The molecule has 2 fully saturated rings. The molecule has 0 aliphatic carbocycles. The van der Waals surface area contributed by atoms with Crippen molar-refractivity contribution < 1.29 is 27.3 Å². The summed E-state index contributed by atoms with van der Waals surface area (Å²) >= 11 is 0. The molecule has 0 bridgehead atoms. The number of nitrogens with zero attached hydrogens (tertiary/aromatic N) is 3. The van der Waals surface area contributed by atoms with Crippen LogP contribution in [0.2, 0.25) is 0 Å². The average Bonchev–Trinajstić information content (AvgIpc) is 3.11. The molecule has 1 aromatic heterocycles. The number of carbonyl (C=O) groups is 2. The van der Waals surface area contributed by atoms with Gasteiger partial charge >= 0.3 is 6.09 Å². The second-order valence-corrected chi connectivity index (χ2v) is 7.15. The highest BCUT2D eigenvalue weighted by atomic mass is 32.2. The molecule has 2 aliphatic heterocycles. The second kappa shape index (κ2) is 5.06. The van der Waals surface area contributed by atoms with Crippen LogP contribution in [0.15, 0.2) is 9.42 Å². The summed E-state index contributed by atoms with van der Waals surface area (Å²) < 4.78 is 36.1. The Kier molecular flexibility index (Phi) is 3.44. The zero-order chi connectivity index (χ0) is 16.1. The number of rotatable bonds is 3. The van der Waals surface area contributed by atoms with Crippen molar-refractivity contribution in [1.82, 2.24) is 14.4 Å². The Bertz CT molecular complexity index is 705. The molecule has 2 amide bonds. The van der Waals surface area contributed by atoms with Crippen molar-refractivity contribution >= 4 is 22.0 Å². The Labute approximate surface area is 126 Å². The monoisotopic (exact) mass is 329 g/mol. The van der Waals surface area contributed by atoms with Crippen LogP contribution in [-0.2, 0) is 19.6 Å². The highest BCUT2D eigenvalue weighted by molar-refractivity contribution is 7.89. The smallest absolute Gasteiger partial charge is 0.417 e. The van der Waals surface area contributed by atoms with Crippen molar-refractivity contribution in [2.24, 2.45) is 0 Å². The summed E-state index contributed by atoms with van der Waals surface area (Å²) in [5, 5.41) is 3.65. The summed E-state index contributed by atoms with van der Waals surface area (Å²) in [5.74, 6) is -0.218. The van der Waals surface area contributed by atoms with Crippen molar-refractivity contribution in [3.63, 3.8) is 0 Å². The van der Waals surface area contributed by atoms with Gasteiger partial charge in [0.2, 0.25) is 10.0 Å². The van der Waals surface area contributed by atoms with Gasteiger partial charge in [-0.15, -0.1) is 0 Å². The normalized spacial score (nSPS) is 23.4. The third kappa shape index (κ3) is 2.18. The molecule has 0 aromatic carbocycles. The van der Waals surface area contributed by atoms with Crippen LogP contribution in [0.5, 0.6) is 0 Å². The van der Waals surface area contributed by atoms with Crippen molar-refractivity contribution in [3.05, 3.63) is 11.5 Å². The Morgan fingerprint density at radius 3 is 2.55 bits per heavy atom. The highest BCUT2D eigenvalue weighted by Gasteiger charge is 2.44. The number of aryl methyl sites for hydroxylation is 2. The fraction of sp³-hybridized carbons (Fsp3) is 0.583. The van der Waals surface area contributed by atoms with Crippen LogP contribution in [-0.4, -0.2) is 60.5 Å². The SMILES string of the molecule is Cc1noc(C)c1S(=O)(=O)N1CCC(N2C(=O)COC2=O)C1. The molecule has 0 N–H and O–H groups in total. The van der Waals surface area contributed by atoms with E-state index < -0.39 is 28.1 Å². The molecule has 2 saturated heterocycles. The quantitative estimate of drug-likeness (QED) is 0.769. The van der Waals surface area contributed by atoms with Crippen molar-refractivity contribution in [1.29, 1.82) is 0 Å². The van der Waals surface area contributed by atoms with Gasteiger partial charge in [-0.1, -0.05) is 5.16 Å². The van der Waals surface area contributed by atoms with Crippen molar-refractivity contribution in [2.45, 2.75) is 31.2 Å². The highest BCUT2D eigenvalue weighted by Crippen LogP contribution is 2.28. The standard InChI is InChI=1S/C12H15N3O6S/c1-7-11(8(2)21-13-7)22(18,19)14-4-3-9(5-14)15-10(16)6-20-12(15)17/h9H,3-6H2,1-2H3. The third-order valence-electron chi connectivity index (χ3n) is 3.84. The van der Waals surface area contributed by atoms with Gasteiger partial charge < -0.3 is 9.26 Å². The van der Waals surface area contributed by atoms with E-state index in [0.717, 1.165) is 4.90 Å². The molecule has 0 spiro atoms. The van der Waals surface area contributed by atoms with E-state index >= 15 is 0 Å². The maximum absolute atomic E-state index is 12.7. The summed E-state index contributed by atoms with van der Waals surface area (Å²) in [6.07, 6.45) is -0.338. The van der Waals surface area contributed by atoms with Gasteiger partial charge in [0.1, 0.15) is 10.6 Å². The number of aromatic nitrogens is 1. The van der Waals surface area contributed by atoms with E-state index in [1.54, 1.807) is 6.92 Å². The molecule has 3 rings (SSSR count). The van der Waals surface area contributed by atoms with Gasteiger partial charge in [-0.25, -0.2) is 18.1 Å². The fourth-order valence-electron chi connectivity index (χ4n) is 2.83. The van der Waals surface area contributed by atoms with E-state index in [-0.39, 0.29) is 36.0 Å². The molecule has 3 heterocycles. The molecule has 1 aromatic rings. The van der Waals surface area contributed by atoms with Crippen LogP contribution in [0.4, 0.5) is 4.79 Å². The summed E-state index contributed by atoms with van der Waals surface area (Å²) in [6, 6.07) is -0.502. The molecule has 10 heteroatoms. The maximum Gasteiger partial charge on any atom is 0.417 e. The summed E-state index contributed by atoms with van der Waals surface area (Å²) in [5.41, 5.74) is 0.289. The molecule has 2 aliphatic rings. The number of hydrogen-bond acceptors (Lipinski definition) is 7. The largest absolute Gasteiger partial charge is 0.439 e. The van der Waals surface area contributed by atoms with Crippen LogP contribution in [0, 0.1) is 13.8 Å². The van der Waals surface area contributed by atoms with E-state index in [1.807, 2.05) is 0 Å². The Hall–Kier alpha value is -1.94. The first kappa shape index (κ1) is 15.0. The molecule has 9 nitrogen and oxygen atoms in total. The number of carbonyl (C=O) groups excluding carboxylic acids is 2. The molecular formula is C12H15N3O6S. The summed E-state index contributed by atoms with van der Waals surface area (Å²) in [6.45, 7) is 3.06. The molecule has 120 valence electrons. The third-order valence-corrected chi connectivity index (χ3v) is 5.95. The molecule has 1 unspecified atom stereocenters. The van der Waals surface area contributed by atoms with E-state index in [0.29, 0.717) is 6.42 Å². The van der Waals surface area contributed by atoms with Gasteiger partial charge in [-0.2, -0.15) is 4.31 Å². The minimum absolute atomic E-state index is 0.0449. The first-order valence-corrected chi connectivity index (χ1v) is 8.18. The lowest BCUT2D eigenvalue weighted by Crippen LogP contribution is -2.42. The van der Waals surface area contributed by atoms with Crippen LogP contribution < -0.4 is 0 Å².